The molecular weight excluding hydrogens is 326 g/mol. The number of likely N-dealkylation sites (tertiary alicyclic amines) is 1. The Morgan fingerprint density at radius 3 is 2.35 bits per heavy atom. The predicted octanol–water partition coefficient (Wildman–Crippen LogP) is 4.51. The lowest BCUT2D eigenvalue weighted by atomic mass is 9.93. The molecule has 4 nitrogen and oxygen atoms in total. The fourth-order valence-corrected chi connectivity index (χ4v) is 3.69. The zero-order valence-electron chi connectivity index (χ0n) is 15.3. The molecule has 0 spiro atoms. The normalized spacial score (nSPS) is 17.0. The number of carbonyl (C=O) groups is 1. The van der Waals surface area contributed by atoms with E-state index >= 15 is 0 Å². The van der Waals surface area contributed by atoms with E-state index in [1.807, 2.05) is 30.3 Å². The van der Waals surface area contributed by atoms with Crippen molar-refractivity contribution in [1.82, 2.24) is 4.90 Å². The van der Waals surface area contributed by atoms with Crippen molar-refractivity contribution in [2.24, 2.45) is 5.92 Å². The number of hydrogen-bond donors (Lipinski definition) is 1. The van der Waals surface area contributed by atoms with Gasteiger partial charge in [-0.1, -0.05) is 49.4 Å². The highest BCUT2D eigenvalue weighted by molar-refractivity contribution is 5.70. The van der Waals surface area contributed by atoms with Gasteiger partial charge in [-0.25, -0.2) is 0 Å². The third kappa shape index (κ3) is 4.64. The average Bonchev–Trinajstić information content (AvgIpc) is 2.69. The Morgan fingerprint density at radius 1 is 1.12 bits per heavy atom. The first kappa shape index (κ1) is 18.5. The number of hydrogen-bond acceptors (Lipinski definition) is 3. The van der Waals surface area contributed by atoms with Crippen molar-refractivity contribution in [3.63, 3.8) is 0 Å². The molecule has 1 atom stereocenters. The Bertz CT molecular complexity index is 691. The molecule has 0 aromatic heterocycles. The second kappa shape index (κ2) is 8.86. The van der Waals surface area contributed by atoms with Crippen LogP contribution in [-0.2, 0) is 11.4 Å². The molecule has 1 aliphatic rings. The van der Waals surface area contributed by atoms with E-state index in [1.165, 1.54) is 5.56 Å². The average molecular weight is 353 g/mol. The number of piperidine rings is 1. The number of rotatable bonds is 7. The van der Waals surface area contributed by atoms with E-state index in [2.05, 4.69) is 36.1 Å². The van der Waals surface area contributed by atoms with Gasteiger partial charge in [0.1, 0.15) is 12.4 Å². The zero-order chi connectivity index (χ0) is 18.4. The van der Waals surface area contributed by atoms with Gasteiger partial charge >= 0.3 is 5.97 Å². The van der Waals surface area contributed by atoms with Crippen molar-refractivity contribution in [3.8, 4) is 5.75 Å². The highest BCUT2D eigenvalue weighted by atomic mass is 16.5. The third-order valence-electron chi connectivity index (χ3n) is 5.22. The van der Waals surface area contributed by atoms with Gasteiger partial charge < -0.3 is 9.84 Å². The highest BCUT2D eigenvalue weighted by Gasteiger charge is 2.28. The van der Waals surface area contributed by atoms with Crippen LogP contribution >= 0.6 is 0 Å². The number of carboxylic acid groups (broad SMARTS) is 1. The van der Waals surface area contributed by atoms with Crippen LogP contribution in [0.1, 0.15) is 43.4 Å². The molecular formula is C22H27NO3. The van der Waals surface area contributed by atoms with Crippen molar-refractivity contribution >= 4 is 5.97 Å². The maximum atomic E-state index is 11.1. The van der Waals surface area contributed by atoms with E-state index in [-0.39, 0.29) is 5.92 Å². The smallest absolute Gasteiger partial charge is 0.306 e. The van der Waals surface area contributed by atoms with Crippen LogP contribution in [0.4, 0.5) is 0 Å². The minimum absolute atomic E-state index is 0.183. The third-order valence-corrected chi connectivity index (χ3v) is 5.22. The summed E-state index contributed by atoms with van der Waals surface area (Å²) in [5.41, 5.74) is 2.43. The van der Waals surface area contributed by atoms with Crippen LogP contribution in [0, 0.1) is 5.92 Å². The number of carboxylic acids is 1. The topological polar surface area (TPSA) is 49.8 Å². The minimum atomic E-state index is -0.655. The number of ether oxygens (including phenoxy) is 1. The molecule has 4 heteroatoms. The van der Waals surface area contributed by atoms with Crippen molar-refractivity contribution < 1.29 is 14.6 Å². The van der Waals surface area contributed by atoms with Crippen LogP contribution in [0.15, 0.2) is 54.6 Å². The molecule has 1 fully saturated rings. The SMILES string of the molecule is CCC(c1ccc(OCc2ccccc2)cc1)N1CCC(C(=O)O)CC1. The lowest BCUT2D eigenvalue weighted by Crippen LogP contribution is -2.38. The molecule has 0 radical (unpaired) electrons. The van der Waals surface area contributed by atoms with Crippen LogP contribution in [0.5, 0.6) is 5.75 Å². The molecule has 0 aliphatic carbocycles. The van der Waals surface area contributed by atoms with Gasteiger partial charge in [0.05, 0.1) is 5.92 Å². The second-order valence-electron chi connectivity index (χ2n) is 6.92. The van der Waals surface area contributed by atoms with Gasteiger partial charge in [-0.2, -0.15) is 0 Å². The van der Waals surface area contributed by atoms with Crippen LogP contribution in [0.2, 0.25) is 0 Å². The van der Waals surface area contributed by atoms with E-state index in [4.69, 9.17) is 9.84 Å². The van der Waals surface area contributed by atoms with E-state index in [0.29, 0.717) is 12.6 Å². The first-order chi connectivity index (χ1) is 12.7. The largest absolute Gasteiger partial charge is 0.489 e. The van der Waals surface area contributed by atoms with Crippen molar-refractivity contribution in [1.29, 1.82) is 0 Å². The molecule has 1 aliphatic heterocycles. The zero-order valence-corrected chi connectivity index (χ0v) is 15.3. The lowest BCUT2D eigenvalue weighted by Gasteiger charge is -2.36. The van der Waals surface area contributed by atoms with E-state index < -0.39 is 5.97 Å². The second-order valence-corrected chi connectivity index (χ2v) is 6.92. The fourth-order valence-electron chi connectivity index (χ4n) is 3.69. The molecule has 1 heterocycles. The molecule has 2 aromatic carbocycles. The summed E-state index contributed by atoms with van der Waals surface area (Å²) in [6.45, 7) is 4.46. The van der Waals surface area contributed by atoms with Crippen molar-refractivity contribution in [2.75, 3.05) is 13.1 Å². The number of benzene rings is 2. The van der Waals surface area contributed by atoms with Crippen LogP contribution in [0.25, 0.3) is 0 Å². The Balaban J connectivity index is 1.58. The quantitative estimate of drug-likeness (QED) is 0.795. The van der Waals surface area contributed by atoms with Crippen LogP contribution in [0.3, 0.4) is 0 Å². The molecule has 0 bridgehead atoms. The summed E-state index contributed by atoms with van der Waals surface area (Å²) in [6.07, 6.45) is 2.50. The van der Waals surface area contributed by atoms with Gasteiger partial charge in [-0.05, 0) is 55.6 Å². The Labute approximate surface area is 155 Å². The minimum Gasteiger partial charge on any atom is -0.489 e. The fraction of sp³-hybridized carbons (Fsp3) is 0.409. The molecule has 1 unspecified atom stereocenters. The molecule has 0 saturated carbocycles. The van der Waals surface area contributed by atoms with Crippen molar-refractivity contribution in [2.45, 2.75) is 38.8 Å². The Morgan fingerprint density at radius 2 is 1.77 bits per heavy atom. The Kier molecular flexibility index (Phi) is 6.29. The summed E-state index contributed by atoms with van der Waals surface area (Å²) in [6, 6.07) is 18.8. The summed E-state index contributed by atoms with van der Waals surface area (Å²) in [7, 11) is 0. The summed E-state index contributed by atoms with van der Waals surface area (Å²) < 4.78 is 5.87. The molecule has 3 rings (SSSR count). The number of aliphatic carboxylic acids is 1. The van der Waals surface area contributed by atoms with E-state index in [1.54, 1.807) is 0 Å². The molecule has 138 valence electrons. The summed E-state index contributed by atoms with van der Waals surface area (Å²) in [5.74, 6) is 0.0344. The van der Waals surface area contributed by atoms with Gasteiger partial charge in [-0.3, -0.25) is 9.69 Å². The van der Waals surface area contributed by atoms with Gasteiger partial charge in [0.2, 0.25) is 0 Å². The molecule has 2 aromatic rings. The number of nitrogens with zero attached hydrogens (tertiary/aromatic N) is 1. The predicted molar refractivity (Wildman–Crippen MR) is 102 cm³/mol. The first-order valence-electron chi connectivity index (χ1n) is 9.41. The molecule has 1 saturated heterocycles. The summed E-state index contributed by atoms with van der Waals surface area (Å²) in [4.78, 5) is 13.6. The van der Waals surface area contributed by atoms with Gasteiger partial charge in [0.15, 0.2) is 0 Å². The lowest BCUT2D eigenvalue weighted by molar-refractivity contribution is -0.143. The monoisotopic (exact) mass is 353 g/mol. The molecule has 1 N–H and O–H groups in total. The van der Waals surface area contributed by atoms with E-state index in [9.17, 15) is 4.79 Å². The van der Waals surface area contributed by atoms with E-state index in [0.717, 1.165) is 43.7 Å². The van der Waals surface area contributed by atoms with Gasteiger partial charge in [0.25, 0.3) is 0 Å². The standard InChI is InChI=1S/C22H27NO3/c1-2-21(23-14-12-19(13-15-23)22(24)25)18-8-10-20(11-9-18)26-16-17-6-4-3-5-7-17/h3-11,19,21H,2,12-16H2,1H3,(H,24,25). The van der Waals surface area contributed by atoms with Crippen LogP contribution in [-0.4, -0.2) is 29.1 Å². The maximum absolute atomic E-state index is 11.1. The van der Waals surface area contributed by atoms with Gasteiger partial charge in [0, 0.05) is 6.04 Å². The first-order valence-corrected chi connectivity index (χ1v) is 9.41. The highest BCUT2D eigenvalue weighted by Crippen LogP contribution is 2.30. The molecule has 0 amide bonds. The summed E-state index contributed by atoms with van der Waals surface area (Å²) >= 11 is 0. The van der Waals surface area contributed by atoms with Crippen molar-refractivity contribution in [3.05, 3.63) is 65.7 Å². The Hall–Kier alpha value is -2.33. The summed E-state index contributed by atoms with van der Waals surface area (Å²) in [5, 5.41) is 9.17. The molecule has 26 heavy (non-hydrogen) atoms. The van der Waals surface area contributed by atoms with Gasteiger partial charge in [-0.15, -0.1) is 0 Å². The van der Waals surface area contributed by atoms with Crippen LogP contribution < -0.4 is 4.74 Å². The maximum Gasteiger partial charge on any atom is 0.306 e.